The van der Waals surface area contributed by atoms with Gasteiger partial charge >= 0.3 is 11.8 Å². The molecule has 0 unspecified atom stereocenters. The van der Waals surface area contributed by atoms with Crippen molar-refractivity contribution in [2.75, 3.05) is 25.0 Å². The summed E-state index contributed by atoms with van der Waals surface area (Å²) < 4.78 is 5.55. The van der Waals surface area contributed by atoms with Crippen LogP contribution in [0.2, 0.25) is 0 Å². The molecule has 0 spiro atoms. The summed E-state index contributed by atoms with van der Waals surface area (Å²) in [4.78, 5) is 25.3. The molecule has 120 valence electrons. The van der Waals surface area contributed by atoms with Gasteiger partial charge in [0.05, 0.1) is 6.26 Å². The van der Waals surface area contributed by atoms with Gasteiger partial charge in [-0.1, -0.05) is 18.2 Å². The van der Waals surface area contributed by atoms with Crippen LogP contribution in [0.3, 0.4) is 0 Å². The molecular formula is C17H19N3O3. The van der Waals surface area contributed by atoms with Gasteiger partial charge in [0.1, 0.15) is 11.8 Å². The standard InChI is InChI=1S/C17H19N3O3/c1-18-16(21)17(22)19-11-14(15-7-4-10-23-15)20-9-8-12-5-2-3-6-13(12)20/h2-7,10,14H,8-9,11H2,1H3,(H,18,21)(H,19,22)/t14-/m1/s1. The molecule has 6 nitrogen and oxygen atoms in total. The summed E-state index contributed by atoms with van der Waals surface area (Å²) in [7, 11) is 1.43. The van der Waals surface area contributed by atoms with Gasteiger partial charge in [-0.2, -0.15) is 0 Å². The van der Waals surface area contributed by atoms with Crippen LogP contribution in [0.1, 0.15) is 17.4 Å². The molecule has 2 amide bonds. The van der Waals surface area contributed by atoms with Crippen LogP contribution in [0, 0.1) is 0 Å². The fraction of sp³-hybridized carbons (Fsp3) is 0.294. The van der Waals surface area contributed by atoms with E-state index in [4.69, 9.17) is 4.42 Å². The van der Waals surface area contributed by atoms with E-state index in [9.17, 15) is 9.59 Å². The van der Waals surface area contributed by atoms with Crippen LogP contribution in [0.5, 0.6) is 0 Å². The van der Waals surface area contributed by atoms with Gasteiger partial charge in [0.25, 0.3) is 0 Å². The number of benzene rings is 1. The smallest absolute Gasteiger partial charge is 0.309 e. The summed E-state index contributed by atoms with van der Waals surface area (Å²) in [6.07, 6.45) is 2.57. The maximum Gasteiger partial charge on any atom is 0.309 e. The molecule has 1 aromatic heterocycles. The molecule has 23 heavy (non-hydrogen) atoms. The number of rotatable bonds is 4. The number of furan rings is 1. The van der Waals surface area contributed by atoms with Gasteiger partial charge in [-0.3, -0.25) is 9.59 Å². The number of carbonyl (C=O) groups excluding carboxylic acids is 2. The quantitative estimate of drug-likeness (QED) is 0.833. The van der Waals surface area contributed by atoms with E-state index in [0.29, 0.717) is 6.54 Å². The number of amides is 2. The second-order valence-electron chi connectivity index (χ2n) is 5.39. The van der Waals surface area contributed by atoms with Crippen molar-refractivity contribution in [1.82, 2.24) is 10.6 Å². The summed E-state index contributed by atoms with van der Waals surface area (Å²) in [6, 6.07) is 11.8. The fourth-order valence-corrected chi connectivity index (χ4v) is 2.92. The van der Waals surface area contributed by atoms with Gasteiger partial charge < -0.3 is 20.0 Å². The van der Waals surface area contributed by atoms with Gasteiger partial charge in [0.2, 0.25) is 0 Å². The van der Waals surface area contributed by atoms with Crippen molar-refractivity contribution < 1.29 is 14.0 Å². The third-order valence-electron chi connectivity index (χ3n) is 4.06. The molecule has 0 saturated carbocycles. The zero-order chi connectivity index (χ0) is 16.2. The number of nitrogens with one attached hydrogen (secondary N) is 2. The number of nitrogens with zero attached hydrogens (tertiary/aromatic N) is 1. The Morgan fingerprint density at radius 3 is 2.78 bits per heavy atom. The van der Waals surface area contributed by atoms with Crippen molar-refractivity contribution in [3.05, 3.63) is 54.0 Å². The summed E-state index contributed by atoms with van der Waals surface area (Å²) in [5.41, 5.74) is 2.42. The molecule has 6 heteroatoms. The predicted molar refractivity (Wildman–Crippen MR) is 86.0 cm³/mol. The van der Waals surface area contributed by atoms with E-state index in [-0.39, 0.29) is 6.04 Å². The first kappa shape index (κ1) is 15.1. The zero-order valence-electron chi connectivity index (χ0n) is 12.9. The summed E-state index contributed by atoms with van der Waals surface area (Å²) >= 11 is 0. The lowest BCUT2D eigenvalue weighted by molar-refractivity contribution is -0.138. The second-order valence-corrected chi connectivity index (χ2v) is 5.39. The Labute approximate surface area is 134 Å². The number of para-hydroxylation sites is 1. The van der Waals surface area contributed by atoms with Crippen molar-refractivity contribution in [2.45, 2.75) is 12.5 Å². The summed E-state index contributed by atoms with van der Waals surface area (Å²) in [5, 5.41) is 5.00. The highest BCUT2D eigenvalue weighted by Gasteiger charge is 2.29. The van der Waals surface area contributed by atoms with Crippen LogP contribution in [-0.4, -0.2) is 32.0 Å². The van der Waals surface area contributed by atoms with Crippen LogP contribution in [0.25, 0.3) is 0 Å². The van der Waals surface area contributed by atoms with E-state index in [1.165, 1.54) is 12.6 Å². The number of fused-ring (bicyclic) bond motifs is 1. The van der Waals surface area contributed by atoms with Gasteiger partial charge in [-0.05, 0) is 30.2 Å². The van der Waals surface area contributed by atoms with Crippen molar-refractivity contribution >= 4 is 17.5 Å². The molecule has 2 aromatic rings. The van der Waals surface area contributed by atoms with Crippen LogP contribution in [-0.2, 0) is 16.0 Å². The SMILES string of the molecule is CNC(=O)C(=O)NC[C@H](c1ccco1)N1CCc2ccccc21. The van der Waals surface area contributed by atoms with Crippen LogP contribution in [0.4, 0.5) is 5.69 Å². The largest absolute Gasteiger partial charge is 0.467 e. The first-order valence-electron chi connectivity index (χ1n) is 7.58. The molecule has 2 heterocycles. The van der Waals surface area contributed by atoms with Gasteiger partial charge in [-0.15, -0.1) is 0 Å². The molecule has 1 aliphatic rings. The van der Waals surface area contributed by atoms with Gasteiger partial charge in [0.15, 0.2) is 0 Å². The number of carbonyl (C=O) groups is 2. The van der Waals surface area contributed by atoms with E-state index < -0.39 is 11.8 Å². The van der Waals surface area contributed by atoms with E-state index >= 15 is 0 Å². The fourth-order valence-electron chi connectivity index (χ4n) is 2.92. The monoisotopic (exact) mass is 313 g/mol. The molecule has 2 N–H and O–H groups in total. The maximum atomic E-state index is 11.7. The van der Waals surface area contributed by atoms with Crippen LogP contribution >= 0.6 is 0 Å². The second kappa shape index (κ2) is 6.56. The topological polar surface area (TPSA) is 74.6 Å². The Bertz CT molecular complexity index is 697. The molecule has 1 aromatic carbocycles. The van der Waals surface area contributed by atoms with E-state index in [0.717, 1.165) is 24.4 Å². The van der Waals surface area contributed by atoms with Crippen molar-refractivity contribution in [3.63, 3.8) is 0 Å². The Hall–Kier alpha value is -2.76. The molecule has 1 atom stereocenters. The highest BCUT2D eigenvalue weighted by Crippen LogP contribution is 2.34. The van der Waals surface area contributed by atoms with Gasteiger partial charge in [-0.25, -0.2) is 0 Å². The maximum absolute atomic E-state index is 11.7. The summed E-state index contributed by atoms with van der Waals surface area (Å²) in [5.74, 6) is -0.527. The lowest BCUT2D eigenvalue weighted by Gasteiger charge is -2.29. The zero-order valence-corrected chi connectivity index (χ0v) is 12.9. The predicted octanol–water partition coefficient (Wildman–Crippen LogP) is 1.25. The van der Waals surface area contributed by atoms with Crippen LogP contribution < -0.4 is 15.5 Å². The minimum absolute atomic E-state index is 0.151. The molecule has 0 bridgehead atoms. The third-order valence-corrected chi connectivity index (χ3v) is 4.06. The van der Waals surface area contributed by atoms with E-state index in [1.54, 1.807) is 6.26 Å². The number of anilines is 1. The molecule has 0 fully saturated rings. The third kappa shape index (κ3) is 3.06. The lowest BCUT2D eigenvalue weighted by Crippen LogP contribution is -2.43. The average Bonchev–Trinajstić information content (AvgIpc) is 3.24. The minimum Gasteiger partial charge on any atom is -0.467 e. The Balaban J connectivity index is 1.81. The highest BCUT2D eigenvalue weighted by molar-refractivity contribution is 6.35. The van der Waals surface area contributed by atoms with Crippen molar-refractivity contribution in [3.8, 4) is 0 Å². The van der Waals surface area contributed by atoms with Crippen molar-refractivity contribution in [2.24, 2.45) is 0 Å². The Morgan fingerprint density at radius 2 is 2.04 bits per heavy atom. The minimum atomic E-state index is -0.648. The highest BCUT2D eigenvalue weighted by atomic mass is 16.3. The van der Waals surface area contributed by atoms with E-state index in [1.807, 2.05) is 24.3 Å². The molecule has 0 aliphatic carbocycles. The molecule has 3 rings (SSSR count). The molecule has 1 aliphatic heterocycles. The molecule has 0 radical (unpaired) electrons. The normalized spacial score (nSPS) is 14.2. The Kier molecular flexibility index (Phi) is 4.32. The first-order valence-corrected chi connectivity index (χ1v) is 7.58. The van der Waals surface area contributed by atoms with Gasteiger partial charge in [0, 0.05) is 25.8 Å². The number of hydrogen-bond donors (Lipinski definition) is 2. The number of likely N-dealkylation sites (N-methyl/N-ethyl adjacent to an activating group) is 1. The first-order chi connectivity index (χ1) is 11.2. The lowest BCUT2D eigenvalue weighted by atomic mass is 10.1. The number of hydrogen-bond acceptors (Lipinski definition) is 4. The molecule has 0 saturated heterocycles. The van der Waals surface area contributed by atoms with Crippen molar-refractivity contribution in [1.29, 1.82) is 0 Å². The molecular weight excluding hydrogens is 294 g/mol. The summed E-state index contributed by atoms with van der Waals surface area (Å²) in [6.45, 7) is 1.15. The van der Waals surface area contributed by atoms with Crippen LogP contribution in [0.15, 0.2) is 47.1 Å². The average molecular weight is 313 g/mol. The Morgan fingerprint density at radius 1 is 1.22 bits per heavy atom. The van der Waals surface area contributed by atoms with E-state index in [2.05, 4.69) is 27.7 Å².